The summed E-state index contributed by atoms with van der Waals surface area (Å²) >= 11 is 1.76. The van der Waals surface area contributed by atoms with Crippen LogP contribution in [0.25, 0.3) is 10.2 Å². The maximum absolute atomic E-state index is 6.33. The molecule has 0 spiro atoms. The molecule has 1 aromatic heterocycles. The lowest BCUT2D eigenvalue weighted by Crippen LogP contribution is -2.44. The van der Waals surface area contributed by atoms with E-state index in [1.165, 1.54) is 17.5 Å². The molecule has 1 aliphatic rings. The van der Waals surface area contributed by atoms with Crippen molar-refractivity contribution >= 4 is 21.6 Å². The normalized spacial score (nSPS) is 23.6. The molecule has 3 nitrogen and oxygen atoms in total. The number of thiazole rings is 1. The first kappa shape index (κ1) is 14.0. The van der Waals surface area contributed by atoms with Crippen LogP contribution in [0.15, 0.2) is 24.3 Å². The highest BCUT2D eigenvalue weighted by molar-refractivity contribution is 7.18. The van der Waals surface area contributed by atoms with Crippen molar-refractivity contribution in [3.8, 4) is 0 Å². The highest BCUT2D eigenvalue weighted by atomic mass is 32.1. The van der Waals surface area contributed by atoms with Crippen LogP contribution in [0, 0.1) is 5.92 Å². The molecule has 1 saturated heterocycles. The molecular weight excluding hydrogens is 268 g/mol. The summed E-state index contributed by atoms with van der Waals surface area (Å²) in [5.41, 5.74) is 1.08. The summed E-state index contributed by atoms with van der Waals surface area (Å²) in [6.07, 6.45) is 2.77. The van der Waals surface area contributed by atoms with Gasteiger partial charge in [-0.3, -0.25) is 0 Å². The zero-order chi connectivity index (χ0) is 13.9. The number of fused-ring (bicyclic) bond motifs is 1. The van der Waals surface area contributed by atoms with E-state index in [0.717, 1.165) is 23.6 Å². The Labute approximate surface area is 124 Å². The summed E-state index contributed by atoms with van der Waals surface area (Å²) in [6.45, 7) is 6.34. The van der Waals surface area contributed by atoms with Crippen LogP contribution in [0.3, 0.4) is 0 Å². The van der Waals surface area contributed by atoms with Crippen molar-refractivity contribution in [2.75, 3.05) is 13.1 Å². The third kappa shape index (κ3) is 2.73. The SMILES string of the molecule is CCC(CC)C1CNCC(c2nc3ccccc3s2)O1. The van der Waals surface area contributed by atoms with Crippen LogP contribution in [0.2, 0.25) is 0 Å². The molecule has 108 valence electrons. The standard InChI is InChI=1S/C16H22N2OS/c1-3-11(4-2)13-9-17-10-14(19-13)16-18-12-7-5-6-8-15(12)20-16/h5-8,11,13-14,17H,3-4,9-10H2,1-2H3. The van der Waals surface area contributed by atoms with Gasteiger partial charge in [0.2, 0.25) is 0 Å². The minimum atomic E-state index is 0.103. The number of nitrogens with one attached hydrogen (secondary N) is 1. The van der Waals surface area contributed by atoms with E-state index in [4.69, 9.17) is 9.72 Å². The molecule has 1 fully saturated rings. The number of aromatic nitrogens is 1. The Morgan fingerprint density at radius 3 is 2.85 bits per heavy atom. The summed E-state index contributed by atoms with van der Waals surface area (Å²) in [5, 5.41) is 4.62. The van der Waals surface area contributed by atoms with Gasteiger partial charge >= 0.3 is 0 Å². The Balaban J connectivity index is 1.79. The summed E-state index contributed by atoms with van der Waals surface area (Å²) in [6, 6.07) is 8.31. The van der Waals surface area contributed by atoms with E-state index in [1.807, 2.05) is 6.07 Å². The van der Waals surface area contributed by atoms with Crippen LogP contribution in [0.4, 0.5) is 0 Å². The average molecular weight is 290 g/mol. The van der Waals surface area contributed by atoms with Gasteiger partial charge in [0.05, 0.1) is 16.3 Å². The van der Waals surface area contributed by atoms with Gasteiger partial charge in [-0.05, 0) is 18.1 Å². The van der Waals surface area contributed by atoms with E-state index < -0.39 is 0 Å². The first-order chi connectivity index (χ1) is 9.81. The van der Waals surface area contributed by atoms with Crippen molar-refractivity contribution in [2.24, 2.45) is 5.92 Å². The van der Waals surface area contributed by atoms with Crippen molar-refractivity contribution in [3.05, 3.63) is 29.3 Å². The van der Waals surface area contributed by atoms with Crippen molar-refractivity contribution in [1.29, 1.82) is 0 Å². The second-order valence-corrected chi connectivity index (χ2v) is 6.48. The first-order valence-electron chi connectivity index (χ1n) is 7.53. The van der Waals surface area contributed by atoms with Gasteiger partial charge in [-0.1, -0.05) is 38.8 Å². The second kappa shape index (κ2) is 6.20. The molecule has 20 heavy (non-hydrogen) atoms. The number of para-hydroxylation sites is 1. The van der Waals surface area contributed by atoms with Gasteiger partial charge in [0.15, 0.2) is 0 Å². The van der Waals surface area contributed by atoms with Gasteiger partial charge in [-0.2, -0.15) is 0 Å². The largest absolute Gasteiger partial charge is 0.365 e. The molecule has 0 radical (unpaired) electrons. The monoisotopic (exact) mass is 290 g/mol. The molecule has 4 heteroatoms. The summed E-state index contributed by atoms with van der Waals surface area (Å²) in [5.74, 6) is 0.639. The molecule has 2 atom stereocenters. The molecule has 1 aromatic carbocycles. The zero-order valence-corrected chi connectivity index (χ0v) is 13.0. The lowest BCUT2D eigenvalue weighted by molar-refractivity contribution is -0.0687. The quantitative estimate of drug-likeness (QED) is 0.931. The number of hydrogen-bond donors (Lipinski definition) is 1. The van der Waals surface area contributed by atoms with Crippen molar-refractivity contribution in [1.82, 2.24) is 10.3 Å². The van der Waals surface area contributed by atoms with Gasteiger partial charge in [-0.25, -0.2) is 4.98 Å². The van der Waals surface area contributed by atoms with Crippen LogP contribution in [0.5, 0.6) is 0 Å². The lowest BCUT2D eigenvalue weighted by Gasteiger charge is -2.34. The minimum Gasteiger partial charge on any atom is -0.365 e. The molecule has 1 N–H and O–H groups in total. The lowest BCUT2D eigenvalue weighted by atomic mass is 9.95. The number of rotatable bonds is 4. The van der Waals surface area contributed by atoms with Crippen LogP contribution in [-0.4, -0.2) is 24.2 Å². The van der Waals surface area contributed by atoms with Crippen LogP contribution in [0.1, 0.15) is 37.8 Å². The maximum atomic E-state index is 6.33. The van der Waals surface area contributed by atoms with Gasteiger partial charge in [-0.15, -0.1) is 11.3 Å². The molecular formula is C16H22N2OS. The Kier molecular flexibility index (Phi) is 4.34. The van der Waals surface area contributed by atoms with Gasteiger partial charge in [0.25, 0.3) is 0 Å². The predicted octanol–water partition coefficient (Wildman–Crippen LogP) is 3.76. The fourth-order valence-corrected chi connectivity index (χ4v) is 3.93. The third-order valence-electron chi connectivity index (χ3n) is 4.17. The van der Waals surface area contributed by atoms with Crippen molar-refractivity contribution in [2.45, 2.75) is 38.9 Å². The van der Waals surface area contributed by atoms with Crippen LogP contribution in [-0.2, 0) is 4.74 Å². The van der Waals surface area contributed by atoms with E-state index in [9.17, 15) is 0 Å². The Hall–Kier alpha value is -0.970. The molecule has 3 rings (SSSR count). The van der Waals surface area contributed by atoms with Crippen molar-refractivity contribution < 1.29 is 4.74 Å². The minimum absolute atomic E-state index is 0.103. The number of nitrogens with zero attached hydrogens (tertiary/aromatic N) is 1. The maximum Gasteiger partial charge on any atom is 0.124 e. The molecule has 2 unspecified atom stereocenters. The fourth-order valence-electron chi connectivity index (χ4n) is 2.93. The highest BCUT2D eigenvalue weighted by Crippen LogP contribution is 2.32. The zero-order valence-electron chi connectivity index (χ0n) is 12.1. The predicted molar refractivity (Wildman–Crippen MR) is 84.2 cm³/mol. The summed E-state index contributed by atoms with van der Waals surface area (Å²) in [4.78, 5) is 4.74. The van der Waals surface area contributed by atoms with Crippen LogP contribution < -0.4 is 5.32 Å². The molecule has 0 aliphatic carbocycles. The molecule has 0 amide bonds. The van der Waals surface area contributed by atoms with Gasteiger partial charge < -0.3 is 10.1 Å². The van der Waals surface area contributed by atoms with E-state index >= 15 is 0 Å². The molecule has 2 aromatic rings. The Morgan fingerprint density at radius 2 is 2.10 bits per heavy atom. The highest BCUT2D eigenvalue weighted by Gasteiger charge is 2.29. The average Bonchev–Trinajstić information content (AvgIpc) is 2.93. The first-order valence-corrected chi connectivity index (χ1v) is 8.35. The van der Waals surface area contributed by atoms with E-state index in [-0.39, 0.29) is 6.10 Å². The van der Waals surface area contributed by atoms with E-state index in [0.29, 0.717) is 12.0 Å². The third-order valence-corrected chi connectivity index (χ3v) is 5.30. The van der Waals surface area contributed by atoms with Gasteiger partial charge in [0, 0.05) is 13.1 Å². The topological polar surface area (TPSA) is 34.2 Å². The second-order valence-electron chi connectivity index (χ2n) is 5.42. The Bertz CT molecular complexity index is 531. The molecule has 0 saturated carbocycles. The fraction of sp³-hybridized carbons (Fsp3) is 0.562. The number of ether oxygens (including phenoxy) is 1. The van der Waals surface area contributed by atoms with Gasteiger partial charge in [0.1, 0.15) is 11.1 Å². The summed E-state index contributed by atoms with van der Waals surface area (Å²) in [7, 11) is 0. The molecule has 2 heterocycles. The number of benzene rings is 1. The number of morpholine rings is 1. The number of hydrogen-bond acceptors (Lipinski definition) is 4. The smallest absolute Gasteiger partial charge is 0.124 e. The molecule has 0 bridgehead atoms. The Morgan fingerprint density at radius 1 is 1.30 bits per heavy atom. The van der Waals surface area contributed by atoms with Crippen LogP contribution >= 0.6 is 11.3 Å². The van der Waals surface area contributed by atoms with Crippen molar-refractivity contribution in [3.63, 3.8) is 0 Å². The van der Waals surface area contributed by atoms with E-state index in [1.54, 1.807) is 11.3 Å². The summed E-state index contributed by atoms with van der Waals surface area (Å²) < 4.78 is 7.58. The van der Waals surface area contributed by atoms with E-state index in [2.05, 4.69) is 37.4 Å². The molecule has 1 aliphatic heterocycles.